The topological polar surface area (TPSA) is 114 Å². The molecule has 2 aromatic rings. The molecule has 0 unspecified atom stereocenters. The van der Waals surface area contributed by atoms with Gasteiger partial charge in [0, 0.05) is 0 Å². The van der Waals surface area contributed by atoms with Crippen LogP contribution in [0.15, 0.2) is 43.0 Å². The average Bonchev–Trinajstić information content (AvgIpc) is 2.85. The first-order chi connectivity index (χ1) is 21.6. The molecule has 0 aliphatic carbocycles. The van der Waals surface area contributed by atoms with E-state index in [1.54, 1.807) is 5.30 Å². The molecule has 6 nitrogen and oxygen atoms in total. The van der Waals surface area contributed by atoms with Crippen molar-refractivity contribution in [1.29, 1.82) is 0 Å². The summed E-state index contributed by atoms with van der Waals surface area (Å²) in [5, 5.41) is 1.99. The van der Waals surface area contributed by atoms with E-state index in [0.717, 1.165) is 6.42 Å². The van der Waals surface area contributed by atoms with Crippen molar-refractivity contribution in [3.8, 4) is 11.1 Å². The molecular formula is C34H49F6O6PPdS2. The van der Waals surface area contributed by atoms with Gasteiger partial charge in [0.05, 0.1) is 0 Å². The van der Waals surface area contributed by atoms with E-state index in [9.17, 15) is 26.3 Å². The van der Waals surface area contributed by atoms with Gasteiger partial charge in [0.25, 0.3) is 0 Å². The minimum Gasteiger partial charge on any atom is -0.741 e. The molecule has 0 aliphatic rings. The van der Waals surface area contributed by atoms with Gasteiger partial charge in [0.1, 0.15) is 0 Å². The molecule has 0 aromatic heterocycles. The first-order valence-electron chi connectivity index (χ1n) is 15.4. The van der Waals surface area contributed by atoms with Crippen molar-refractivity contribution in [2.75, 3.05) is 0 Å². The van der Waals surface area contributed by atoms with E-state index in [1.807, 2.05) is 0 Å². The Balaban J connectivity index is 0. The van der Waals surface area contributed by atoms with Gasteiger partial charge in [-0.05, 0) is 73.2 Å². The Morgan fingerprint density at radius 2 is 1.06 bits per heavy atom. The van der Waals surface area contributed by atoms with Crippen molar-refractivity contribution in [2.45, 2.75) is 129 Å². The van der Waals surface area contributed by atoms with Crippen LogP contribution in [0.5, 0.6) is 0 Å². The summed E-state index contributed by atoms with van der Waals surface area (Å²) in [5.41, 5.74) is -2.42. The second-order valence-corrected chi connectivity index (χ2v) is 20.9. The number of alkyl halides is 6. The van der Waals surface area contributed by atoms with E-state index < -0.39 is 39.2 Å². The third kappa shape index (κ3) is 14.6. The molecule has 0 heterocycles. The molecule has 0 radical (unpaired) electrons. The van der Waals surface area contributed by atoms with E-state index in [2.05, 4.69) is 126 Å². The fourth-order valence-electron chi connectivity index (χ4n) is 5.32. The number of hydrogen-bond acceptors (Lipinski definition) is 6. The van der Waals surface area contributed by atoms with Crippen LogP contribution in [0.4, 0.5) is 26.3 Å². The molecule has 2 rings (SSSR count). The van der Waals surface area contributed by atoms with Crippen molar-refractivity contribution in [3.05, 3.63) is 65.2 Å². The van der Waals surface area contributed by atoms with Crippen molar-refractivity contribution in [3.63, 3.8) is 0 Å². The Hall–Kier alpha value is -1.33. The van der Waals surface area contributed by atoms with Crippen molar-refractivity contribution in [1.82, 2.24) is 0 Å². The molecule has 0 saturated carbocycles. The van der Waals surface area contributed by atoms with E-state index in [0.29, 0.717) is 17.8 Å². The third-order valence-electron chi connectivity index (χ3n) is 7.02. The van der Waals surface area contributed by atoms with Gasteiger partial charge >= 0.3 is 31.4 Å². The Bertz CT molecular complexity index is 1550. The Labute approximate surface area is 309 Å². The first-order valence-corrected chi connectivity index (χ1v) is 19.5. The summed E-state index contributed by atoms with van der Waals surface area (Å²) in [4.78, 5) is 0. The summed E-state index contributed by atoms with van der Waals surface area (Å²) in [6.07, 6.45) is 3.00. The Kier molecular flexibility index (Phi) is 18.9. The fraction of sp³-hybridized carbons (Fsp3) is 0.588. The van der Waals surface area contributed by atoms with Gasteiger partial charge in [0.15, 0.2) is 20.2 Å². The SMILES string of the molecule is C=CCc1cccc(-c2c(C(C)C)cc(C(C)C)cc2C(C)C)c1P(C(C)(C)C)C(C)(C)C.O=S(=O)([O-])C(F)(F)F.O=S(=O)([O-])C(F)(F)F.[Pd+2]. The predicted octanol–water partition coefficient (Wildman–Crippen LogP) is 10.3. The van der Waals surface area contributed by atoms with E-state index in [4.69, 9.17) is 25.9 Å². The van der Waals surface area contributed by atoms with Crippen LogP contribution in [0, 0.1) is 0 Å². The second-order valence-electron chi connectivity index (χ2n) is 14.3. The van der Waals surface area contributed by atoms with Crippen LogP contribution in [0.2, 0.25) is 0 Å². The summed E-state index contributed by atoms with van der Waals surface area (Å²) < 4.78 is 118. The van der Waals surface area contributed by atoms with E-state index in [1.165, 1.54) is 33.4 Å². The number of rotatable bonds is 7. The smallest absolute Gasteiger partial charge is 0.741 e. The molecule has 290 valence electrons. The number of benzene rings is 2. The van der Waals surface area contributed by atoms with Gasteiger partial charge in [-0.2, -0.15) is 26.3 Å². The summed E-state index contributed by atoms with van der Waals surface area (Å²) in [6.45, 7) is 32.8. The molecule has 0 N–H and O–H groups in total. The molecule has 2 aromatic carbocycles. The zero-order valence-corrected chi connectivity index (χ0v) is 34.5. The van der Waals surface area contributed by atoms with Gasteiger partial charge in [-0.3, -0.25) is 0 Å². The molecule has 0 saturated heterocycles. The van der Waals surface area contributed by atoms with Crippen molar-refractivity contribution in [2.24, 2.45) is 0 Å². The molecule has 0 aliphatic heterocycles. The Morgan fingerprint density at radius 3 is 1.30 bits per heavy atom. The summed E-state index contributed by atoms with van der Waals surface area (Å²) in [6, 6.07) is 12.0. The summed E-state index contributed by atoms with van der Waals surface area (Å²) in [5.74, 6) is 1.48. The number of allylic oxidation sites excluding steroid dienone is 1. The minimum absolute atomic E-state index is 0. The third-order valence-corrected chi connectivity index (χ3v) is 11.8. The molecule has 0 fully saturated rings. The molecule has 0 atom stereocenters. The normalized spacial score (nSPS) is 13.0. The second kappa shape index (κ2) is 18.6. The van der Waals surface area contributed by atoms with Crippen LogP contribution in [0.25, 0.3) is 11.1 Å². The summed E-state index contributed by atoms with van der Waals surface area (Å²) >= 11 is 0. The zero-order valence-electron chi connectivity index (χ0n) is 30.4. The maximum atomic E-state index is 10.7. The quantitative estimate of drug-likeness (QED) is 0.0684. The standard InChI is InChI=1S/C32H49P.2CHF3O3S.Pd/c1-14-16-24-17-15-18-26(30(24)33(31(8,9)10)32(11,12)13)29-27(22(4)5)19-25(21(2)3)20-28(29)23(6)7;2*2-1(3,4)8(5,6)7;/h14-15,17-23H,1,16H2,2-13H3;2*(H,5,6,7);/q;;;+2/p-2. The van der Waals surface area contributed by atoms with Crippen LogP contribution < -0.4 is 5.30 Å². The van der Waals surface area contributed by atoms with Gasteiger partial charge in [0.2, 0.25) is 0 Å². The number of hydrogen-bond donors (Lipinski definition) is 0. The monoisotopic (exact) mass is 868 g/mol. The fourth-order valence-corrected chi connectivity index (χ4v) is 9.56. The summed E-state index contributed by atoms with van der Waals surface area (Å²) in [7, 11) is -12.6. The van der Waals surface area contributed by atoms with Crippen LogP contribution in [-0.2, 0) is 47.1 Å². The van der Waals surface area contributed by atoms with Crippen LogP contribution in [0.1, 0.15) is 123 Å². The molecule has 0 spiro atoms. The molecular weight excluding hydrogens is 820 g/mol. The van der Waals surface area contributed by atoms with Crippen molar-refractivity contribution >= 4 is 33.5 Å². The predicted molar refractivity (Wildman–Crippen MR) is 186 cm³/mol. The van der Waals surface area contributed by atoms with Gasteiger partial charge < -0.3 is 9.11 Å². The maximum Gasteiger partial charge on any atom is 2.00 e. The largest absolute Gasteiger partial charge is 2.00 e. The maximum absolute atomic E-state index is 10.7. The molecule has 0 bridgehead atoms. The zero-order chi connectivity index (χ0) is 39.3. The van der Waals surface area contributed by atoms with Gasteiger partial charge in [-0.1, -0.05) is 127 Å². The Morgan fingerprint density at radius 1 is 0.720 bits per heavy atom. The van der Waals surface area contributed by atoms with Crippen molar-refractivity contribution < 1.29 is 72.7 Å². The molecule has 50 heavy (non-hydrogen) atoms. The van der Waals surface area contributed by atoms with Gasteiger partial charge in [-0.15, -0.1) is 6.58 Å². The van der Waals surface area contributed by atoms with E-state index in [-0.39, 0.29) is 30.7 Å². The average molecular weight is 869 g/mol. The van der Waals surface area contributed by atoms with Crippen LogP contribution >= 0.6 is 7.92 Å². The number of halogens is 6. The molecule has 0 amide bonds. The first kappa shape index (κ1) is 50.8. The van der Waals surface area contributed by atoms with E-state index >= 15 is 0 Å². The van der Waals surface area contributed by atoms with Crippen LogP contribution in [-0.4, -0.2) is 47.3 Å². The van der Waals surface area contributed by atoms with Crippen LogP contribution in [0.3, 0.4) is 0 Å². The molecule has 16 heteroatoms. The minimum atomic E-state index is -6.09. The van der Waals surface area contributed by atoms with Gasteiger partial charge in [-0.25, -0.2) is 16.8 Å².